The van der Waals surface area contributed by atoms with Crippen LogP contribution in [0.15, 0.2) is 0 Å². The van der Waals surface area contributed by atoms with Crippen molar-refractivity contribution in [1.82, 2.24) is 0 Å². The average Bonchev–Trinajstić information content (AvgIpc) is 2.34. The van der Waals surface area contributed by atoms with Crippen LogP contribution < -0.4 is 0 Å². The van der Waals surface area contributed by atoms with Crippen LogP contribution in [0.25, 0.3) is 0 Å². The van der Waals surface area contributed by atoms with Crippen molar-refractivity contribution in [2.45, 2.75) is 31.3 Å². The smallest absolute Gasteiger partial charge is 0.0972 e. The Morgan fingerprint density at radius 2 is 2.60 bits per heavy atom. The molecule has 1 aliphatic rings. The molecule has 1 aliphatic heterocycles. The molecule has 1 fully saturated rings. The van der Waals surface area contributed by atoms with E-state index >= 15 is 0 Å². The molecular weight excluding hydrogens is 148 g/mol. The van der Waals surface area contributed by atoms with Gasteiger partial charge in [-0.2, -0.15) is 0 Å². The molecule has 0 bridgehead atoms. The zero-order valence-electron chi connectivity index (χ0n) is 6.25. The first-order valence-electron chi connectivity index (χ1n) is 3.70. The molecule has 60 valence electrons. The SMILES string of the molecule is CC(S)OCC1CCCO1. The van der Waals surface area contributed by atoms with E-state index < -0.39 is 0 Å². The fourth-order valence-electron chi connectivity index (χ4n) is 1.02. The third-order valence-corrected chi connectivity index (χ3v) is 1.70. The molecule has 0 spiro atoms. The lowest BCUT2D eigenvalue weighted by atomic mass is 10.2. The van der Waals surface area contributed by atoms with Crippen LogP contribution in [0.3, 0.4) is 0 Å². The highest BCUT2D eigenvalue weighted by atomic mass is 32.1. The molecule has 0 aliphatic carbocycles. The molecule has 0 aromatic heterocycles. The van der Waals surface area contributed by atoms with Gasteiger partial charge in [0.25, 0.3) is 0 Å². The predicted octanol–water partition coefficient (Wildman–Crippen LogP) is 1.46. The van der Waals surface area contributed by atoms with E-state index in [9.17, 15) is 0 Å². The first-order chi connectivity index (χ1) is 4.79. The van der Waals surface area contributed by atoms with Gasteiger partial charge in [0, 0.05) is 6.61 Å². The highest BCUT2D eigenvalue weighted by Gasteiger charge is 2.15. The van der Waals surface area contributed by atoms with Crippen LogP contribution in [0.2, 0.25) is 0 Å². The third-order valence-electron chi connectivity index (χ3n) is 1.55. The van der Waals surface area contributed by atoms with Crippen molar-refractivity contribution in [3.63, 3.8) is 0 Å². The Balaban J connectivity index is 2.01. The maximum Gasteiger partial charge on any atom is 0.0972 e. The highest BCUT2D eigenvalue weighted by Crippen LogP contribution is 2.12. The predicted molar refractivity (Wildman–Crippen MR) is 43.4 cm³/mol. The van der Waals surface area contributed by atoms with Crippen LogP contribution in [0.1, 0.15) is 19.8 Å². The van der Waals surface area contributed by atoms with Gasteiger partial charge in [-0.05, 0) is 19.8 Å². The van der Waals surface area contributed by atoms with Crippen LogP contribution in [0.5, 0.6) is 0 Å². The lowest BCUT2D eigenvalue weighted by Gasteiger charge is -2.11. The summed E-state index contributed by atoms with van der Waals surface area (Å²) in [6, 6.07) is 0. The molecule has 10 heavy (non-hydrogen) atoms. The summed E-state index contributed by atoms with van der Waals surface area (Å²) in [5.74, 6) is 0. The topological polar surface area (TPSA) is 18.5 Å². The van der Waals surface area contributed by atoms with E-state index in [4.69, 9.17) is 9.47 Å². The molecule has 0 radical (unpaired) electrons. The molecule has 0 amide bonds. The van der Waals surface area contributed by atoms with E-state index in [1.165, 1.54) is 6.42 Å². The molecule has 0 saturated carbocycles. The van der Waals surface area contributed by atoms with Gasteiger partial charge in [-0.15, -0.1) is 12.6 Å². The van der Waals surface area contributed by atoms with E-state index in [0.717, 1.165) is 13.0 Å². The number of hydrogen-bond acceptors (Lipinski definition) is 3. The van der Waals surface area contributed by atoms with Gasteiger partial charge < -0.3 is 9.47 Å². The van der Waals surface area contributed by atoms with Crippen molar-refractivity contribution in [3.8, 4) is 0 Å². The van der Waals surface area contributed by atoms with Crippen molar-refractivity contribution in [2.24, 2.45) is 0 Å². The molecule has 1 saturated heterocycles. The maximum atomic E-state index is 5.34. The Bertz CT molecular complexity index is 89.6. The molecule has 1 heterocycles. The third kappa shape index (κ3) is 2.90. The minimum absolute atomic E-state index is 0.0317. The van der Waals surface area contributed by atoms with Crippen molar-refractivity contribution in [1.29, 1.82) is 0 Å². The van der Waals surface area contributed by atoms with Crippen molar-refractivity contribution in [2.75, 3.05) is 13.2 Å². The molecule has 3 heteroatoms. The molecule has 2 atom stereocenters. The molecule has 0 aromatic carbocycles. The Labute approximate surface area is 67.3 Å². The summed E-state index contributed by atoms with van der Waals surface area (Å²) in [7, 11) is 0. The zero-order chi connectivity index (χ0) is 7.40. The first-order valence-corrected chi connectivity index (χ1v) is 4.22. The fourth-order valence-corrected chi connectivity index (χ4v) is 1.11. The lowest BCUT2D eigenvalue weighted by Crippen LogP contribution is -2.16. The van der Waals surface area contributed by atoms with Gasteiger partial charge in [-0.3, -0.25) is 0 Å². The lowest BCUT2D eigenvalue weighted by molar-refractivity contribution is 0.0129. The van der Waals surface area contributed by atoms with Gasteiger partial charge in [-0.25, -0.2) is 0 Å². The monoisotopic (exact) mass is 162 g/mol. The van der Waals surface area contributed by atoms with Crippen molar-refractivity contribution < 1.29 is 9.47 Å². The van der Waals surface area contributed by atoms with Crippen LogP contribution in [0.4, 0.5) is 0 Å². The van der Waals surface area contributed by atoms with Gasteiger partial charge in [-0.1, -0.05) is 0 Å². The van der Waals surface area contributed by atoms with Crippen LogP contribution in [0, 0.1) is 0 Å². The molecule has 2 unspecified atom stereocenters. The number of ether oxygens (including phenoxy) is 2. The summed E-state index contributed by atoms with van der Waals surface area (Å²) in [4.78, 5) is 0. The van der Waals surface area contributed by atoms with Crippen molar-refractivity contribution >= 4 is 12.6 Å². The number of rotatable bonds is 3. The van der Waals surface area contributed by atoms with E-state index in [2.05, 4.69) is 12.6 Å². The van der Waals surface area contributed by atoms with E-state index in [1.807, 2.05) is 6.92 Å². The largest absolute Gasteiger partial charge is 0.376 e. The zero-order valence-corrected chi connectivity index (χ0v) is 7.14. The average molecular weight is 162 g/mol. The molecular formula is C7H14O2S. The van der Waals surface area contributed by atoms with Gasteiger partial charge >= 0.3 is 0 Å². The van der Waals surface area contributed by atoms with Crippen LogP contribution in [-0.4, -0.2) is 24.8 Å². The first kappa shape index (κ1) is 8.37. The van der Waals surface area contributed by atoms with E-state index in [-0.39, 0.29) is 5.44 Å². The molecule has 0 aromatic rings. The summed E-state index contributed by atoms with van der Waals surface area (Å²) in [5, 5.41) is 0. The summed E-state index contributed by atoms with van der Waals surface area (Å²) < 4.78 is 10.6. The maximum absolute atomic E-state index is 5.34. The summed E-state index contributed by atoms with van der Waals surface area (Å²) >= 11 is 4.09. The Kier molecular flexibility index (Phi) is 3.52. The van der Waals surface area contributed by atoms with Crippen LogP contribution in [-0.2, 0) is 9.47 Å². The quantitative estimate of drug-likeness (QED) is 0.500. The summed E-state index contributed by atoms with van der Waals surface area (Å²) in [6.45, 7) is 3.51. The Morgan fingerprint density at radius 1 is 1.80 bits per heavy atom. The minimum atomic E-state index is 0.0317. The summed E-state index contributed by atoms with van der Waals surface area (Å²) in [6.07, 6.45) is 2.64. The van der Waals surface area contributed by atoms with Gasteiger partial charge in [0.1, 0.15) is 0 Å². The fraction of sp³-hybridized carbons (Fsp3) is 1.00. The minimum Gasteiger partial charge on any atom is -0.376 e. The Morgan fingerprint density at radius 3 is 3.10 bits per heavy atom. The van der Waals surface area contributed by atoms with Gasteiger partial charge in [0.05, 0.1) is 18.1 Å². The molecule has 2 nitrogen and oxygen atoms in total. The highest BCUT2D eigenvalue weighted by molar-refractivity contribution is 7.80. The van der Waals surface area contributed by atoms with E-state index in [1.54, 1.807) is 0 Å². The molecule has 1 rings (SSSR count). The van der Waals surface area contributed by atoms with Gasteiger partial charge in [0.2, 0.25) is 0 Å². The number of hydrogen-bond donors (Lipinski definition) is 1. The van der Waals surface area contributed by atoms with Gasteiger partial charge in [0.15, 0.2) is 0 Å². The second-order valence-corrected chi connectivity index (χ2v) is 3.29. The second-order valence-electron chi connectivity index (χ2n) is 2.57. The second kappa shape index (κ2) is 4.21. The standard InChI is InChI=1S/C7H14O2S/c1-6(10)9-5-7-3-2-4-8-7/h6-7,10H,2-5H2,1H3. The molecule has 0 N–H and O–H groups in total. The Hall–Kier alpha value is 0.270. The van der Waals surface area contributed by atoms with E-state index in [0.29, 0.717) is 12.7 Å². The van der Waals surface area contributed by atoms with Crippen LogP contribution >= 0.6 is 12.6 Å². The number of thiol groups is 1. The normalized spacial score (nSPS) is 28.8. The van der Waals surface area contributed by atoms with Crippen molar-refractivity contribution in [3.05, 3.63) is 0 Å². The summed E-state index contributed by atoms with van der Waals surface area (Å²) in [5.41, 5.74) is 0.0317.